The number of methoxy groups -OCH3 is 1. The molecule has 1 saturated heterocycles. The fourth-order valence-corrected chi connectivity index (χ4v) is 4.01. The van der Waals surface area contributed by atoms with Crippen LogP contribution in [0.3, 0.4) is 0 Å². The zero-order valence-electron chi connectivity index (χ0n) is 14.7. The maximum Gasteiger partial charge on any atom is 0.319 e. The van der Waals surface area contributed by atoms with Gasteiger partial charge >= 0.3 is 5.97 Å². The lowest BCUT2D eigenvalue weighted by Crippen LogP contribution is -2.56. The highest BCUT2D eigenvalue weighted by Crippen LogP contribution is 2.41. The third-order valence-electron chi connectivity index (χ3n) is 4.79. The van der Waals surface area contributed by atoms with E-state index in [1.165, 1.54) is 6.07 Å². The fraction of sp³-hybridized carbons (Fsp3) is 0.263. The Morgan fingerprint density at radius 1 is 1.11 bits per heavy atom. The Labute approximate surface area is 170 Å². The molecule has 3 rings (SSSR count). The van der Waals surface area contributed by atoms with Gasteiger partial charge in [0.25, 0.3) is 0 Å². The monoisotopic (exact) mass is 422 g/mol. The van der Waals surface area contributed by atoms with Crippen molar-refractivity contribution in [3.63, 3.8) is 0 Å². The molecule has 0 aliphatic carbocycles. The Morgan fingerprint density at radius 2 is 1.68 bits per heavy atom. The summed E-state index contributed by atoms with van der Waals surface area (Å²) in [5.41, 5.74) is 0.879. The van der Waals surface area contributed by atoms with Crippen molar-refractivity contribution in [2.24, 2.45) is 5.92 Å². The van der Waals surface area contributed by atoms with Crippen LogP contribution in [0.4, 0.5) is 0 Å². The average Bonchev–Trinajstić information content (AvgIpc) is 2.66. The van der Waals surface area contributed by atoms with Crippen LogP contribution < -0.4 is 5.32 Å². The number of carbonyl (C=O) groups is 2. The Balaban J connectivity index is 2.18. The Hall–Kier alpha value is -2.64. The molecule has 0 spiro atoms. The van der Waals surface area contributed by atoms with Crippen molar-refractivity contribution in [3.05, 3.63) is 79.8 Å². The number of amides is 1. The molecule has 1 aliphatic heterocycles. The predicted molar refractivity (Wildman–Crippen MR) is 103 cm³/mol. The maximum absolute atomic E-state index is 12.8. The number of benzene rings is 2. The maximum atomic E-state index is 12.8. The number of nitrogens with one attached hydrogen (secondary N) is 1. The number of carbonyl (C=O) groups excluding carboxylic acids is 2. The minimum atomic E-state index is -1.38. The molecule has 1 amide bonds. The summed E-state index contributed by atoms with van der Waals surface area (Å²) in [7, 11) is 1.13. The molecule has 0 bridgehead atoms. The molecular weight excluding hydrogens is 407 g/mol. The summed E-state index contributed by atoms with van der Waals surface area (Å²) in [4.78, 5) is 36.7. The third kappa shape index (κ3) is 3.81. The molecule has 1 aliphatic rings. The Kier molecular flexibility index (Phi) is 5.86. The number of esters is 1. The number of ether oxygens (including phenoxy) is 1. The van der Waals surface area contributed by atoms with Crippen molar-refractivity contribution >= 4 is 35.1 Å². The van der Waals surface area contributed by atoms with Gasteiger partial charge in [-0.3, -0.25) is 19.7 Å². The summed E-state index contributed by atoms with van der Waals surface area (Å²) in [5, 5.41) is 15.4. The van der Waals surface area contributed by atoms with Gasteiger partial charge in [-0.1, -0.05) is 47.5 Å². The van der Waals surface area contributed by atoms with Gasteiger partial charge in [0.2, 0.25) is 11.9 Å². The fourth-order valence-electron chi connectivity index (χ4n) is 3.61. The van der Waals surface area contributed by atoms with E-state index in [1.807, 2.05) is 0 Å². The van der Waals surface area contributed by atoms with E-state index in [9.17, 15) is 19.7 Å². The quantitative estimate of drug-likeness (QED) is 0.352. The van der Waals surface area contributed by atoms with Crippen molar-refractivity contribution in [1.82, 2.24) is 5.32 Å². The highest BCUT2D eigenvalue weighted by atomic mass is 35.5. The molecule has 0 aromatic heterocycles. The average molecular weight is 423 g/mol. The predicted octanol–water partition coefficient (Wildman–Crippen LogP) is 3.38. The van der Waals surface area contributed by atoms with Crippen LogP contribution in [-0.4, -0.2) is 30.0 Å². The van der Waals surface area contributed by atoms with Gasteiger partial charge in [-0.25, -0.2) is 0 Å². The summed E-state index contributed by atoms with van der Waals surface area (Å²) in [6.07, 6.45) is 0. The van der Waals surface area contributed by atoms with Crippen LogP contribution in [0.2, 0.25) is 10.0 Å². The molecule has 1 heterocycles. The lowest BCUT2D eigenvalue weighted by Gasteiger charge is -2.37. The Bertz CT molecular complexity index is 936. The Morgan fingerprint density at radius 3 is 2.21 bits per heavy atom. The van der Waals surface area contributed by atoms with E-state index < -0.39 is 40.7 Å². The van der Waals surface area contributed by atoms with E-state index in [1.54, 1.807) is 42.5 Å². The van der Waals surface area contributed by atoms with E-state index in [2.05, 4.69) is 5.32 Å². The molecule has 4 atom stereocenters. The zero-order valence-corrected chi connectivity index (χ0v) is 16.2. The molecule has 0 saturated carbocycles. The first-order valence-corrected chi connectivity index (χ1v) is 9.11. The van der Waals surface area contributed by atoms with Crippen molar-refractivity contribution in [1.29, 1.82) is 0 Å². The van der Waals surface area contributed by atoms with Gasteiger partial charge in [0.05, 0.1) is 13.0 Å². The van der Waals surface area contributed by atoms with E-state index >= 15 is 0 Å². The lowest BCUT2D eigenvalue weighted by molar-refractivity contribution is -0.534. The molecule has 1 N–H and O–H groups in total. The van der Waals surface area contributed by atoms with Crippen LogP contribution in [0.5, 0.6) is 0 Å². The summed E-state index contributed by atoms with van der Waals surface area (Å²) in [6, 6.07) is 10.5. The van der Waals surface area contributed by atoms with Crippen LogP contribution in [-0.2, 0) is 14.3 Å². The highest BCUT2D eigenvalue weighted by Gasteiger charge is 2.55. The minimum Gasteiger partial charge on any atom is -0.468 e. The molecule has 146 valence electrons. The summed E-state index contributed by atoms with van der Waals surface area (Å²) in [6.45, 7) is 0. The molecule has 0 radical (unpaired) electrons. The number of halogens is 2. The number of nitrogens with zero attached hydrogens (tertiary/aromatic N) is 1. The molecular formula is C19H16Cl2N2O5. The third-order valence-corrected chi connectivity index (χ3v) is 5.26. The van der Waals surface area contributed by atoms with E-state index in [-0.39, 0.29) is 0 Å². The largest absolute Gasteiger partial charge is 0.468 e. The van der Waals surface area contributed by atoms with Crippen molar-refractivity contribution in [2.75, 3.05) is 7.11 Å². The number of hydrogen-bond acceptors (Lipinski definition) is 5. The van der Waals surface area contributed by atoms with Gasteiger partial charge < -0.3 is 10.1 Å². The van der Waals surface area contributed by atoms with E-state index in [0.717, 1.165) is 7.11 Å². The van der Waals surface area contributed by atoms with Crippen molar-refractivity contribution in [2.45, 2.75) is 18.0 Å². The first-order chi connectivity index (χ1) is 13.3. The lowest BCUT2D eigenvalue weighted by atomic mass is 9.73. The topological polar surface area (TPSA) is 98.5 Å². The molecule has 2 aromatic rings. The molecule has 1 fully saturated rings. The second-order valence-electron chi connectivity index (χ2n) is 6.40. The number of nitro groups is 1. The van der Waals surface area contributed by atoms with E-state index in [0.29, 0.717) is 21.2 Å². The molecule has 4 unspecified atom stereocenters. The summed E-state index contributed by atoms with van der Waals surface area (Å²) in [5.74, 6) is -3.95. The normalized spacial score (nSPS) is 24.3. The molecule has 9 heteroatoms. The highest BCUT2D eigenvalue weighted by molar-refractivity contribution is 6.30. The summed E-state index contributed by atoms with van der Waals surface area (Å²) < 4.78 is 4.75. The first kappa shape index (κ1) is 20.1. The van der Waals surface area contributed by atoms with Gasteiger partial charge in [-0.2, -0.15) is 0 Å². The van der Waals surface area contributed by atoms with Crippen LogP contribution in [0, 0.1) is 16.0 Å². The van der Waals surface area contributed by atoms with Crippen LogP contribution in [0.1, 0.15) is 23.1 Å². The van der Waals surface area contributed by atoms with Crippen molar-refractivity contribution in [3.8, 4) is 0 Å². The first-order valence-electron chi connectivity index (χ1n) is 8.36. The second-order valence-corrected chi connectivity index (χ2v) is 7.27. The number of rotatable bonds is 4. The second kappa shape index (κ2) is 8.16. The molecule has 28 heavy (non-hydrogen) atoms. The SMILES string of the molecule is COC(=O)C1C(=O)NC(c2cccc(Cl)c2)C([N+](=O)[O-])C1c1cccc(Cl)c1. The number of piperidine rings is 1. The van der Waals surface area contributed by atoms with Gasteiger partial charge in [0.1, 0.15) is 12.0 Å². The van der Waals surface area contributed by atoms with Crippen LogP contribution in [0.15, 0.2) is 48.5 Å². The molecule has 7 nitrogen and oxygen atoms in total. The van der Waals surface area contributed by atoms with Crippen LogP contribution >= 0.6 is 23.2 Å². The van der Waals surface area contributed by atoms with Gasteiger partial charge in [-0.05, 0) is 35.4 Å². The van der Waals surface area contributed by atoms with Gasteiger partial charge in [0, 0.05) is 15.0 Å². The standard InChI is InChI=1S/C19H16Cl2N2O5/c1-28-19(25)15-14(10-4-2-6-12(20)8-10)17(23(26)27)16(22-18(15)24)11-5-3-7-13(21)9-11/h2-9,14-17H,1H3,(H,22,24). The van der Waals surface area contributed by atoms with Gasteiger partial charge in [-0.15, -0.1) is 0 Å². The minimum absolute atomic E-state index is 0.341. The van der Waals surface area contributed by atoms with Crippen molar-refractivity contribution < 1.29 is 19.2 Å². The smallest absolute Gasteiger partial charge is 0.319 e. The number of hydrogen-bond donors (Lipinski definition) is 1. The summed E-state index contributed by atoms with van der Waals surface area (Å²) >= 11 is 12.1. The van der Waals surface area contributed by atoms with E-state index in [4.69, 9.17) is 27.9 Å². The van der Waals surface area contributed by atoms with Crippen LogP contribution in [0.25, 0.3) is 0 Å². The zero-order chi connectivity index (χ0) is 20.4. The molecule has 2 aromatic carbocycles. The van der Waals surface area contributed by atoms with Gasteiger partial charge in [0.15, 0.2) is 0 Å².